The lowest BCUT2D eigenvalue weighted by atomic mass is 10.1. The highest BCUT2D eigenvalue weighted by Gasteiger charge is 2.34. The number of hydrogen-bond donors (Lipinski definition) is 1. The summed E-state index contributed by atoms with van der Waals surface area (Å²) in [5.41, 5.74) is -0.202. The van der Waals surface area contributed by atoms with Gasteiger partial charge in [0.15, 0.2) is 0 Å². The second kappa shape index (κ2) is 5.85. The summed E-state index contributed by atoms with van der Waals surface area (Å²) in [6, 6.07) is 1.87. The van der Waals surface area contributed by atoms with Crippen molar-refractivity contribution < 1.29 is 18.7 Å². The first kappa shape index (κ1) is 14.9. The zero-order chi connectivity index (χ0) is 14.9. The Balaban J connectivity index is 2.36. The predicted molar refractivity (Wildman–Crippen MR) is 72.1 cm³/mol. The molecule has 110 valence electrons. The van der Waals surface area contributed by atoms with Crippen molar-refractivity contribution in [2.45, 2.75) is 18.6 Å². The molecule has 1 aliphatic heterocycles. The van der Waals surface area contributed by atoms with E-state index < -0.39 is 17.7 Å². The Morgan fingerprint density at radius 2 is 2.00 bits per heavy atom. The number of likely N-dealkylation sites (N-methyl/N-ethyl adjacent to an activating group) is 1. The topological polar surface area (TPSA) is 43.8 Å². The van der Waals surface area contributed by atoms with E-state index in [1.54, 1.807) is 4.90 Å². The van der Waals surface area contributed by atoms with Gasteiger partial charge >= 0.3 is 0 Å². The van der Waals surface area contributed by atoms with Crippen molar-refractivity contribution in [3.8, 4) is 0 Å². The molecule has 2 rings (SSSR count). The summed E-state index contributed by atoms with van der Waals surface area (Å²) in [6.07, 6.45) is 0.267. The van der Waals surface area contributed by atoms with Gasteiger partial charge in [0.05, 0.1) is 6.10 Å². The first-order chi connectivity index (χ1) is 9.42. The van der Waals surface area contributed by atoms with Crippen molar-refractivity contribution in [1.29, 1.82) is 0 Å². The smallest absolute Gasteiger partial charge is 0.150 e. The van der Waals surface area contributed by atoms with Crippen LogP contribution in [0.3, 0.4) is 0 Å². The van der Waals surface area contributed by atoms with Gasteiger partial charge in [-0.3, -0.25) is 4.79 Å². The molecule has 6 heteroatoms. The van der Waals surface area contributed by atoms with Crippen LogP contribution in [0.25, 0.3) is 0 Å². The molecule has 1 fully saturated rings. The van der Waals surface area contributed by atoms with Crippen LogP contribution in [-0.4, -0.2) is 55.6 Å². The average molecular weight is 284 g/mol. The van der Waals surface area contributed by atoms with E-state index in [1.165, 1.54) is 0 Å². The molecular formula is C14H18F2N2O2. The van der Waals surface area contributed by atoms with Gasteiger partial charge in [-0.1, -0.05) is 0 Å². The Morgan fingerprint density at radius 3 is 2.50 bits per heavy atom. The van der Waals surface area contributed by atoms with E-state index in [0.29, 0.717) is 19.3 Å². The highest BCUT2D eigenvalue weighted by molar-refractivity contribution is 5.76. The van der Waals surface area contributed by atoms with Gasteiger partial charge in [0.2, 0.25) is 0 Å². The molecule has 1 N–H and O–H groups in total. The fourth-order valence-corrected chi connectivity index (χ4v) is 2.69. The number of halogens is 2. The molecule has 1 aromatic carbocycles. The van der Waals surface area contributed by atoms with E-state index in [-0.39, 0.29) is 23.8 Å². The summed E-state index contributed by atoms with van der Waals surface area (Å²) < 4.78 is 28.1. The largest absolute Gasteiger partial charge is 0.391 e. The summed E-state index contributed by atoms with van der Waals surface area (Å²) in [5.74, 6) is -1.55. The first-order valence-corrected chi connectivity index (χ1v) is 6.46. The molecule has 0 amide bonds. The maximum Gasteiger partial charge on any atom is 0.150 e. The average Bonchev–Trinajstić information content (AvgIpc) is 2.68. The number of hydrogen-bond acceptors (Lipinski definition) is 4. The van der Waals surface area contributed by atoms with E-state index in [4.69, 9.17) is 0 Å². The SMILES string of the molecule is CN(C)CC1CC(O)CN1c1c(F)cc(C=O)cc1F. The van der Waals surface area contributed by atoms with Crippen LogP contribution < -0.4 is 4.90 Å². The van der Waals surface area contributed by atoms with Crippen LogP contribution in [0.1, 0.15) is 16.8 Å². The highest BCUT2D eigenvalue weighted by atomic mass is 19.1. The number of aldehydes is 1. The van der Waals surface area contributed by atoms with E-state index in [0.717, 1.165) is 12.1 Å². The number of aliphatic hydroxyl groups is 1. The molecule has 0 spiro atoms. The Bertz CT molecular complexity index is 485. The van der Waals surface area contributed by atoms with Crippen molar-refractivity contribution in [3.05, 3.63) is 29.3 Å². The zero-order valence-corrected chi connectivity index (χ0v) is 11.5. The van der Waals surface area contributed by atoms with E-state index >= 15 is 0 Å². The third-order valence-corrected chi connectivity index (χ3v) is 3.43. The van der Waals surface area contributed by atoms with E-state index in [2.05, 4.69) is 0 Å². The molecular weight excluding hydrogens is 266 g/mol. The Morgan fingerprint density at radius 1 is 1.40 bits per heavy atom. The minimum absolute atomic E-state index is 0.0346. The van der Waals surface area contributed by atoms with Crippen LogP contribution in [0.5, 0.6) is 0 Å². The van der Waals surface area contributed by atoms with Crippen LogP contribution in [-0.2, 0) is 0 Å². The normalized spacial score (nSPS) is 22.6. The van der Waals surface area contributed by atoms with Gasteiger partial charge in [0, 0.05) is 24.7 Å². The second-order valence-electron chi connectivity index (χ2n) is 5.41. The summed E-state index contributed by atoms with van der Waals surface area (Å²) in [5, 5.41) is 9.77. The van der Waals surface area contributed by atoms with Crippen molar-refractivity contribution >= 4 is 12.0 Å². The van der Waals surface area contributed by atoms with Crippen molar-refractivity contribution in [2.75, 3.05) is 32.1 Å². The van der Waals surface area contributed by atoms with Gasteiger partial charge in [-0.25, -0.2) is 8.78 Å². The number of β-amino-alcohol motifs (C(OH)–C–C–N with tert-alkyl or cyclic N) is 1. The van der Waals surface area contributed by atoms with E-state index in [9.17, 15) is 18.7 Å². The maximum atomic E-state index is 14.1. The second-order valence-corrected chi connectivity index (χ2v) is 5.41. The fourth-order valence-electron chi connectivity index (χ4n) is 2.69. The monoisotopic (exact) mass is 284 g/mol. The molecule has 0 saturated carbocycles. The molecule has 4 nitrogen and oxygen atoms in total. The lowest BCUT2D eigenvalue weighted by Gasteiger charge is -2.29. The molecule has 1 aliphatic rings. The highest BCUT2D eigenvalue weighted by Crippen LogP contribution is 2.31. The van der Waals surface area contributed by atoms with Gasteiger partial charge in [0.1, 0.15) is 23.6 Å². The quantitative estimate of drug-likeness (QED) is 0.846. The van der Waals surface area contributed by atoms with E-state index in [1.807, 2.05) is 19.0 Å². The third-order valence-electron chi connectivity index (χ3n) is 3.43. The molecule has 0 aliphatic carbocycles. The number of rotatable bonds is 4. The number of anilines is 1. The molecule has 1 saturated heterocycles. The standard InChI is InChI=1S/C14H18F2N2O2/c1-17(2)6-10-5-11(20)7-18(10)14-12(15)3-9(8-19)4-13(14)16/h3-4,8,10-11,20H,5-7H2,1-2H3. The molecule has 2 atom stereocenters. The molecule has 1 heterocycles. The van der Waals surface area contributed by atoms with Gasteiger partial charge < -0.3 is 14.9 Å². The van der Waals surface area contributed by atoms with Crippen molar-refractivity contribution in [2.24, 2.45) is 0 Å². The minimum Gasteiger partial charge on any atom is -0.391 e. The number of aliphatic hydroxyl groups excluding tert-OH is 1. The minimum atomic E-state index is -0.773. The number of carbonyl (C=O) groups excluding carboxylic acids is 1. The predicted octanol–water partition coefficient (Wildman–Crippen LogP) is 1.28. The van der Waals surface area contributed by atoms with Crippen LogP contribution in [0.4, 0.5) is 14.5 Å². The fraction of sp³-hybridized carbons (Fsp3) is 0.500. The lowest BCUT2D eigenvalue weighted by Crippen LogP contribution is -2.38. The van der Waals surface area contributed by atoms with Gasteiger partial charge in [-0.05, 0) is 32.6 Å². The van der Waals surface area contributed by atoms with Crippen LogP contribution in [0, 0.1) is 11.6 Å². The maximum absolute atomic E-state index is 14.1. The molecule has 0 radical (unpaired) electrons. The molecule has 0 bridgehead atoms. The van der Waals surface area contributed by atoms with Gasteiger partial charge in [0.25, 0.3) is 0 Å². The Kier molecular flexibility index (Phi) is 4.35. The number of nitrogens with zero attached hydrogens (tertiary/aromatic N) is 2. The summed E-state index contributed by atoms with van der Waals surface area (Å²) in [4.78, 5) is 14.1. The summed E-state index contributed by atoms with van der Waals surface area (Å²) in [6.45, 7) is 0.776. The molecule has 0 aromatic heterocycles. The van der Waals surface area contributed by atoms with Crippen molar-refractivity contribution in [1.82, 2.24) is 4.90 Å². The van der Waals surface area contributed by atoms with Crippen LogP contribution in [0.2, 0.25) is 0 Å². The van der Waals surface area contributed by atoms with Crippen LogP contribution in [0.15, 0.2) is 12.1 Å². The molecule has 20 heavy (non-hydrogen) atoms. The first-order valence-electron chi connectivity index (χ1n) is 6.46. The molecule has 2 unspecified atom stereocenters. The number of carbonyl (C=O) groups is 1. The molecule has 1 aromatic rings. The Labute approximate surface area is 116 Å². The van der Waals surface area contributed by atoms with Crippen molar-refractivity contribution in [3.63, 3.8) is 0 Å². The zero-order valence-electron chi connectivity index (χ0n) is 11.5. The van der Waals surface area contributed by atoms with Gasteiger partial charge in [-0.15, -0.1) is 0 Å². The summed E-state index contributed by atoms with van der Waals surface area (Å²) in [7, 11) is 3.73. The van der Waals surface area contributed by atoms with Crippen LogP contribution >= 0.6 is 0 Å². The lowest BCUT2D eigenvalue weighted by molar-refractivity contribution is 0.112. The van der Waals surface area contributed by atoms with Gasteiger partial charge in [-0.2, -0.15) is 0 Å². The summed E-state index contributed by atoms with van der Waals surface area (Å²) >= 11 is 0. The number of benzene rings is 1. The third kappa shape index (κ3) is 2.96. The Hall–Kier alpha value is -1.53.